The molecule has 1 rings (SSSR count). The molecule has 0 radical (unpaired) electrons. The van der Waals surface area contributed by atoms with Gasteiger partial charge < -0.3 is 4.90 Å². The van der Waals surface area contributed by atoms with Gasteiger partial charge in [-0.3, -0.25) is 4.79 Å². The van der Waals surface area contributed by atoms with Gasteiger partial charge in [-0.25, -0.2) is 4.39 Å². The summed E-state index contributed by atoms with van der Waals surface area (Å²) in [5, 5.41) is 0. The maximum Gasteiger partial charge on any atom is 0.223 e. The molecule has 0 aromatic heterocycles. The van der Waals surface area contributed by atoms with Crippen molar-refractivity contribution >= 4 is 17.7 Å². The van der Waals surface area contributed by atoms with Crippen molar-refractivity contribution in [3.8, 4) is 0 Å². The van der Waals surface area contributed by atoms with Gasteiger partial charge in [-0.2, -0.15) is 0 Å². The molecule has 0 saturated carbocycles. The molecule has 0 heterocycles. The van der Waals surface area contributed by atoms with E-state index in [1.807, 2.05) is 18.7 Å². The van der Waals surface area contributed by atoms with Crippen molar-refractivity contribution < 1.29 is 9.18 Å². The van der Waals surface area contributed by atoms with Crippen LogP contribution in [0.3, 0.4) is 0 Å². The van der Waals surface area contributed by atoms with E-state index in [-0.39, 0.29) is 11.7 Å². The number of thioether (sulfide) groups is 1. The van der Waals surface area contributed by atoms with E-state index in [4.69, 9.17) is 0 Å². The molecule has 0 fully saturated rings. The molecule has 17 heavy (non-hydrogen) atoms. The van der Waals surface area contributed by atoms with Gasteiger partial charge in [0, 0.05) is 30.2 Å². The Kier molecular flexibility index (Phi) is 6.05. The molecule has 0 N–H and O–H groups in total. The van der Waals surface area contributed by atoms with Crippen LogP contribution in [0.15, 0.2) is 29.2 Å². The van der Waals surface area contributed by atoms with Gasteiger partial charge in [0.2, 0.25) is 5.91 Å². The number of nitrogens with zero attached hydrogens (tertiary/aromatic N) is 1. The fraction of sp³-hybridized carbons (Fsp3) is 0.462. The number of carbonyl (C=O) groups is 1. The average Bonchev–Trinajstić information content (AvgIpc) is 2.33. The summed E-state index contributed by atoms with van der Waals surface area (Å²) in [6.07, 6.45) is 0.531. The highest BCUT2D eigenvalue weighted by Crippen LogP contribution is 2.19. The maximum atomic E-state index is 12.7. The fourth-order valence-electron chi connectivity index (χ4n) is 1.52. The lowest BCUT2D eigenvalue weighted by Gasteiger charge is -2.18. The third-order valence-electron chi connectivity index (χ3n) is 2.51. The number of hydrogen-bond donors (Lipinski definition) is 0. The lowest BCUT2D eigenvalue weighted by molar-refractivity contribution is -0.130. The zero-order valence-electron chi connectivity index (χ0n) is 10.3. The van der Waals surface area contributed by atoms with Gasteiger partial charge in [0.15, 0.2) is 0 Å². The van der Waals surface area contributed by atoms with Gasteiger partial charge >= 0.3 is 0 Å². The van der Waals surface area contributed by atoms with Crippen LogP contribution in [0.1, 0.15) is 20.3 Å². The predicted molar refractivity (Wildman–Crippen MR) is 69.7 cm³/mol. The van der Waals surface area contributed by atoms with Crippen molar-refractivity contribution in [3.63, 3.8) is 0 Å². The molecule has 0 atom stereocenters. The van der Waals surface area contributed by atoms with Gasteiger partial charge in [-0.1, -0.05) is 0 Å². The first-order chi connectivity index (χ1) is 8.17. The molecule has 1 amide bonds. The fourth-order valence-corrected chi connectivity index (χ4v) is 2.36. The van der Waals surface area contributed by atoms with Crippen molar-refractivity contribution in [1.82, 2.24) is 4.90 Å². The van der Waals surface area contributed by atoms with E-state index in [2.05, 4.69) is 0 Å². The molecule has 2 nitrogen and oxygen atoms in total. The van der Waals surface area contributed by atoms with Crippen molar-refractivity contribution in [2.24, 2.45) is 0 Å². The second kappa shape index (κ2) is 7.33. The molecule has 1 aromatic rings. The largest absolute Gasteiger partial charge is 0.343 e. The Labute approximate surface area is 106 Å². The molecule has 1 aromatic carbocycles. The Bertz CT molecular complexity index is 349. The summed E-state index contributed by atoms with van der Waals surface area (Å²) in [4.78, 5) is 14.5. The quantitative estimate of drug-likeness (QED) is 0.728. The SMILES string of the molecule is CCN(CC)C(=O)CCSc1ccc(F)cc1. The summed E-state index contributed by atoms with van der Waals surface area (Å²) in [5.41, 5.74) is 0. The minimum absolute atomic E-state index is 0.185. The maximum absolute atomic E-state index is 12.7. The molecule has 0 spiro atoms. The average molecular weight is 255 g/mol. The van der Waals surface area contributed by atoms with Crippen LogP contribution >= 0.6 is 11.8 Å². The highest BCUT2D eigenvalue weighted by molar-refractivity contribution is 7.99. The monoisotopic (exact) mass is 255 g/mol. The molecule has 0 aliphatic heterocycles. The Morgan fingerprint density at radius 3 is 2.35 bits per heavy atom. The first-order valence-corrected chi connectivity index (χ1v) is 6.82. The molecule has 0 unspecified atom stereocenters. The van der Waals surface area contributed by atoms with Crippen molar-refractivity contribution in [2.75, 3.05) is 18.8 Å². The lowest BCUT2D eigenvalue weighted by atomic mass is 10.3. The first kappa shape index (κ1) is 14.0. The van der Waals surface area contributed by atoms with Crippen molar-refractivity contribution in [3.05, 3.63) is 30.1 Å². The van der Waals surface area contributed by atoms with Crippen LogP contribution in [0.2, 0.25) is 0 Å². The van der Waals surface area contributed by atoms with Crippen LogP contribution < -0.4 is 0 Å². The Hall–Kier alpha value is -1.03. The van der Waals surface area contributed by atoms with E-state index >= 15 is 0 Å². The molecular formula is C13H18FNOS. The zero-order valence-corrected chi connectivity index (χ0v) is 11.1. The third kappa shape index (κ3) is 4.77. The second-order valence-corrected chi connectivity index (χ2v) is 4.79. The van der Waals surface area contributed by atoms with Crippen LogP contribution in [0.25, 0.3) is 0 Å². The van der Waals surface area contributed by atoms with E-state index in [1.54, 1.807) is 23.9 Å². The van der Waals surface area contributed by atoms with Crippen LogP contribution in [0, 0.1) is 5.82 Å². The van der Waals surface area contributed by atoms with E-state index in [0.29, 0.717) is 6.42 Å². The molecule has 0 aliphatic carbocycles. The zero-order chi connectivity index (χ0) is 12.7. The van der Waals surface area contributed by atoms with E-state index < -0.39 is 0 Å². The van der Waals surface area contributed by atoms with Gasteiger partial charge in [0.1, 0.15) is 5.82 Å². The van der Waals surface area contributed by atoms with Crippen molar-refractivity contribution in [2.45, 2.75) is 25.2 Å². The van der Waals surface area contributed by atoms with Gasteiger partial charge in [0.05, 0.1) is 0 Å². The van der Waals surface area contributed by atoms with Gasteiger partial charge in [-0.05, 0) is 38.1 Å². The summed E-state index contributed by atoms with van der Waals surface area (Å²) in [7, 11) is 0. The molecule has 0 aliphatic rings. The minimum atomic E-state index is -0.228. The summed E-state index contributed by atoms with van der Waals surface area (Å²) >= 11 is 1.58. The van der Waals surface area contributed by atoms with E-state index in [1.165, 1.54) is 12.1 Å². The Balaban J connectivity index is 2.32. The number of rotatable bonds is 6. The summed E-state index contributed by atoms with van der Waals surface area (Å²) < 4.78 is 12.7. The normalized spacial score (nSPS) is 10.3. The number of benzene rings is 1. The lowest BCUT2D eigenvalue weighted by Crippen LogP contribution is -2.30. The molecule has 0 saturated heterocycles. The Morgan fingerprint density at radius 2 is 1.82 bits per heavy atom. The first-order valence-electron chi connectivity index (χ1n) is 5.83. The number of halogens is 1. The molecule has 4 heteroatoms. The van der Waals surface area contributed by atoms with Gasteiger partial charge in [-0.15, -0.1) is 11.8 Å². The molecule has 94 valence electrons. The standard InChI is InChI=1S/C13H18FNOS/c1-3-15(4-2)13(16)9-10-17-12-7-5-11(14)6-8-12/h5-8H,3-4,9-10H2,1-2H3. The molecule has 0 bridgehead atoms. The Morgan fingerprint density at radius 1 is 1.24 bits per heavy atom. The van der Waals surface area contributed by atoms with E-state index in [9.17, 15) is 9.18 Å². The number of amides is 1. The topological polar surface area (TPSA) is 20.3 Å². The van der Waals surface area contributed by atoms with Gasteiger partial charge in [0.25, 0.3) is 0 Å². The summed E-state index contributed by atoms with van der Waals surface area (Å²) in [5.74, 6) is 0.694. The predicted octanol–water partition coefficient (Wildman–Crippen LogP) is 3.18. The smallest absolute Gasteiger partial charge is 0.223 e. The highest BCUT2D eigenvalue weighted by Gasteiger charge is 2.08. The second-order valence-electron chi connectivity index (χ2n) is 3.62. The summed E-state index contributed by atoms with van der Waals surface area (Å²) in [6.45, 7) is 5.48. The van der Waals surface area contributed by atoms with Crippen LogP contribution in [-0.2, 0) is 4.79 Å². The third-order valence-corrected chi connectivity index (χ3v) is 3.53. The van der Waals surface area contributed by atoms with E-state index in [0.717, 1.165) is 23.7 Å². The van der Waals surface area contributed by atoms with Crippen LogP contribution in [-0.4, -0.2) is 29.6 Å². The minimum Gasteiger partial charge on any atom is -0.343 e. The van der Waals surface area contributed by atoms with Crippen LogP contribution in [0.5, 0.6) is 0 Å². The molecular weight excluding hydrogens is 237 g/mol. The van der Waals surface area contributed by atoms with Crippen molar-refractivity contribution in [1.29, 1.82) is 0 Å². The highest BCUT2D eigenvalue weighted by atomic mass is 32.2. The summed E-state index contributed by atoms with van der Waals surface area (Å²) in [6, 6.07) is 6.35. The number of hydrogen-bond acceptors (Lipinski definition) is 2. The van der Waals surface area contributed by atoms with Crippen LogP contribution in [0.4, 0.5) is 4.39 Å². The number of carbonyl (C=O) groups excluding carboxylic acids is 1.